The highest BCUT2D eigenvalue weighted by molar-refractivity contribution is 6.27. The minimum absolute atomic E-state index is 1.09. The van der Waals surface area contributed by atoms with Crippen LogP contribution >= 0.6 is 0 Å². The highest BCUT2D eigenvalue weighted by Crippen LogP contribution is 2.52. The van der Waals surface area contributed by atoms with Crippen molar-refractivity contribution >= 4 is 93.0 Å². The van der Waals surface area contributed by atoms with E-state index >= 15 is 0 Å². The van der Waals surface area contributed by atoms with Gasteiger partial charge in [-0.15, -0.1) is 0 Å². The summed E-state index contributed by atoms with van der Waals surface area (Å²) in [7, 11) is 0. The highest BCUT2D eigenvalue weighted by Gasteiger charge is 2.30. The summed E-state index contributed by atoms with van der Waals surface area (Å²) in [6.07, 6.45) is 6.05. The van der Waals surface area contributed by atoms with Gasteiger partial charge in [-0.3, -0.25) is 0 Å². The molecule has 0 aliphatic heterocycles. The van der Waals surface area contributed by atoms with Crippen molar-refractivity contribution in [1.82, 2.24) is 4.40 Å². The summed E-state index contributed by atoms with van der Waals surface area (Å²) in [6.45, 7) is 0. The van der Waals surface area contributed by atoms with Crippen LogP contribution in [0, 0.1) is 0 Å². The Balaban J connectivity index is 1.23. The average molecular weight is 651 g/mol. The lowest BCUT2D eigenvalue weighted by atomic mass is 9.90. The molecule has 2 heterocycles. The number of para-hydroxylation sites is 3. The number of allylic oxidation sites excluding steroid dienone is 2. The standard InChI is InChI=1S/C49H34N2/c1-2-14-33-30(12-1)28-31-13-9-24-45(47(31)33)50(32-26-27-38-36-17-4-3-15-34(36)35-16-5-6-18-37(35)43(38)29-32)46-25-11-22-42-41-21-10-20-40-39-19-7-8-23-44(39)51(48(40)41)49(42)46/h3-11,13,15-27,29H,1-2,12,14,28H2. The summed E-state index contributed by atoms with van der Waals surface area (Å²) in [6, 6.07) is 54.8. The van der Waals surface area contributed by atoms with Crippen LogP contribution in [-0.2, 0) is 6.42 Å². The highest BCUT2D eigenvalue weighted by atomic mass is 15.2. The van der Waals surface area contributed by atoms with Gasteiger partial charge in [-0.25, -0.2) is 0 Å². The second kappa shape index (κ2) is 10.2. The van der Waals surface area contributed by atoms with Crippen LogP contribution in [0.2, 0.25) is 0 Å². The van der Waals surface area contributed by atoms with Crippen molar-refractivity contribution < 1.29 is 0 Å². The summed E-state index contributed by atoms with van der Waals surface area (Å²) in [5.74, 6) is 0. The molecule has 8 aromatic carbocycles. The van der Waals surface area contributed by atoms with Crippen LogP contribution in [0.5, 0.6) is 0 Å². The van der Waals surface area contributed by atoms with E-state index < -0.39 is 0 Å². The molecule has 0 unspecified atom stereocenters. The molecule has 2 heteroatoms. The lowest BCUT2D eigenvalue weighted by molar-refractivity contribution is 0.711. The third-order valence-corrected chi connectivity index (χ3v) is 12.1. The van der Waals surface area contributed by atoms with E-state index in [0.29, 0.717) is 0 Å². The number of rotatable bonds is 3. The van der Waals surface area contributed by atoms with Gasteiger partial charge in [0.1, 0.15) is 0 Å². The van der Waals surface area contributed by atoms with E-state index in [1.54, 1.807) is 11.1 Å². The van der Waals surface area contributed by atoms with Gasteiger partial charge in [-0.1, -0.05) is 121 Å². The molecule has 0 radical (unpaired) electrons. The summed E-state index contributed by atoms with van der Waals surface area (Å²) in [5, 5.41) is 13.0. The number of benzene rings is 8. The molecule has 12 rings (SSSR count). The van der Waals surface area contributed by atoms with E-state index in [0.717, 1.165) is 6.42 Å². The molecule has 0 N–H and O–H groups in total. The van der Waals surface area contributed by atoms with Crippen LogP contribution in [0.15, 0.2) is 151 Å². The zero-order chi connectivity index (χ0) is 33.2. The second-order valence-electron chi connectivity index (χ2n) is 14.7. The normalized spacial score (nSPS) is 14.6. The summed E-state index contributed by atoms with van der Waals surface area (Å²) in [4.78, 5) is 2.61. The molecule has 0 spiro atoms. The van der Waals surface area contributed by atoms with Crippen LogP contribution < -0.4 is 4.90 Å². The van der Waals surface area contributed by atoms with E-state index in [4.69, 9.17) is 0 Å². The maximum Gasteiger partial charge on any atom is 0.0782 e. The molecule has 2 aromatic heterocycles. The quantitative estimate of drug-likeness (QED) is 0.173. The third kappa shape index (κ3) is 3.67. The first kappa shape index (κ1) is 27.7. The zero-order valence-electron chi connectivity index (χ0n) is 28.3. The Kier molecular flexibility index (Phi) is 5.54. The first-order valence-corrected chi connectivity index (χ1v) is 18.5. The molecule has 0 bridgehead atoms. The minimum Gasteiger partial charge on any atom is -0.308 e. The van der Waals surface area contributed by atoms with E-state index in [9.17, 15) is 0 Å². The van der Waals surface area contributed by atoms with Gasteiger partial charge in [-0.05, 0) is 106 Å². The Morgan fingerprint density at radius 2 is 1.00 bits per heavy atom. The van der Waals surface area contributed by atoms with Crippen molar-refractivity contribution in [2.24, 2.45) is 0 Å². The Hall–Kier alpha value is -6.12. The van der Waals surface area contributed by atoms with Gasteiger partial charge >= 0.3 is 0 Å². The molecule has 51 heavy (non-hydrogen) atoms. The van der Waals surface area contributed by atoms with Crippen LogP contribution in [0.4, 0.5) is 17.1 Å². The van der Waals surface area contributed by atoms with Gasteiger partial charge in [0.25, 0.3) is 0 Å². The lowest BCUT2D eigenvalue weighted by Gasteiger charge is -2.30. The molecule has 240 valence electrons. The maximum atomic E-state index is 2.61. The number of hydrogen-bond acceptors (Lipinski definition) is 1. The Morgan fingerprint density at radius 1 is 0.431 bits per heavy atom. The van der Waals surface area contributed by atoms with Crippen LogP contribution in [0.25, 0.3) is 76.0 Å². The van der Waals surface area contributed by atoms with E-state index in [-0.39, 0.29) is 0 Å². The zero-order valence-corrected chi connectivity index (χ0v) is 28.3. The van der Waals surface area contributed by atoms with Crippen LogP contribution in [0.1, 0.15) is 36.8 Å². The van der Waals surface area contributed by atoms with Crippen LogP contribution in [0.3, 0.4) is 0 Å². The van der Waals surface area contributed by atoms with Gasteiger partial charge in [0, 0.05) is 32.8 Å². The summed E-state index contributed by atoms with van der Waals surface area (Å²) >= 11 is 0. The topological polar surface area (TPSA) is 7.65 Å². The first-order valence-electron chi connectivity index (χ1n) is 18.5. The molecular formula is C49H34N2. The minimum atomic E-state index is 1.09. The summed E-state index contributed by atoms with van der Waals surface area (Å²) < 4.78 is 2.55. The molecule has 0 fully saturated rings. The maximum absolute atomic E-state index is 2.61. The molecule has 2 nitrogen and oxygen atoms in total. The van der Waals surface area contributed by atoms with E-state index in [1.807, 2.05) is 0 Å². The van der Waals surface area contributed by atoms with Gasteiger partial charge in [0.15, 0.2) is 0 Å². The molecule has 0 amide bonds. The number of hydrogen-bond donors (Lipinski definition) is 0. The molecule has 10 aromatic rings. The average Bonchev–Trinajstić information content (AvgIpc) is 3.86. The van der Waals surface area contributed by atoms with Gasteiger partial charge in [-0.2, -0.15) is 0 Å². The SMILES string of the molecule is c1cc2c(c(N(c3ccc4c5ccccc5c5ccccc5c4c3)c3cccc4c5cccc6c7ccccc7n(c34)c65)c1)C1=C(CCCC1)C2. The second-order valence-corrected chi connectivity index (χ2v) is 14.7. The molecule has 2 aliphatic rings. The van der Waals surface area contributed by atoms with Gasteiger partial charge < -0.3 is 9.30 Å². The number of nitrogens with zero attached hydrogens (tertiary/aromatic N) is 2. The molecule has 0 atom stereocenters. The first-order chi connectivity index (χ1) is 25.3. The summed E-state index contributed by atoms with van der Waals surface area (Å²) in [5.41, 5.74) is 13.7. The number of fused-ring (bicyclic) bond motifs is 14. The van der Waals surface area contributed by atoms with Crippen molar-refractivity contribution in [2.45, 2.75) is 32.1 Å². The smallest absolute Gasteiger partial charge is 0.0782 e. The predicted octanol–water partition coefficient (Wildman–Crippen LogP) is 13.6. The molecule has 0 saturated heterocycles. The lowest BCUT2D eigenvalue weighted by Crippen LogP contribution is -2.13. The Morgan fingerprint density at radius 3 is 1.78 bits per heavy atom. The van der Waals surface area contributed by atoms with Crippen LogP contribution in [-0.4, -0.2) is 4.40 Å². The van der Waals surface area contributed by atoms with Crippen molar-refractivity contribution in [3.8, 4) is 0 Å². The molecule has 2 aliphatic carbocycles. The number of anilines is 3. The monoisotopic (exact) mass is 650 g/mol. The molecule has 0 saturated carbocycles. The van der Waals surface area contributed by atoms with Gasteiger partial charge in [0.05, 0.1) is 27.9 Å². The Bertz CT molecular complexity index is 3090. The Labute approximate surface area is 295 Å². The number of aromatic nitrogens is 1. The largest absolute Gasteiger partial charge is 0.308 e. The fraction of sp³-hybridized carbons (Fsp3) is 0.102. The third-order valence-electron chi connectivity index (χ3n) is 12.1. The van der Waals surface area contributed by atoms with Gasteiger partial charge in [0.2, 0.25) is 0 Å². The predicted molar refractivity (Wildman–Crippen MR) is 217 cm³/mol. The van der Waals surface area contributed by atoms with E-state index in [1.165, 1.54) is 124 Å². The fourth-order valence-corrected chi connectivity index (χ4v) is 10.0. The fourth-order valence-electron chi connectivity index (χ4n) is 10.0. The van der Waals surface area contributed by atoms with E-state index in [2.05, 4.69) is 155 Å². The van der Waals surface area contributed by atoms with Crippen molar-refractivity contribution in [2.75, 3.05) is 4.90 Å². The molecular weight excluding hydrogens is 617 g/mol. The van der Waals surface area contributed by atoms with Crippen molar-refractivity contribution in [1.29, 1.82) is 0 Å². The van der Waals surface area contributed by atoms with Crippen molar-refractivity contribution in [3.63, 3.8) is 0 Å². The van der Waals surface area contributed by atoms with Crippen molar-refractivity contribution in [3.05, 3.63) is 162 Å².